The van der Waals surface area contributed by atoms with Crippen molar-refractivity contribution >= 4 is 6.03 Å². The van der Waals surface area contributed by atoms with Gasteiger partial charge in [-0.05, 0) is 43.4 Å². The summed E-state index contributed by atoms with van der Waals surface area (Å²) in [6.45, 7) is 2.47. The van der Waals surface area contributed by atoms with E-state index in [0.29, 0.717) is 12.5 Å². The minimum Gasteiger partial charge on any atom is -0.334 e. The van der Waals surface area contributed by atoms with Crippen LogP contribution in [0.25, 0.3) is 0 Å². The summed E-state index contributed by atoms with van der Waals surface area (Å²) in [5, 5.41) is 10.00. The Morgan fingerprint density at radius 2 is 2.08 bits per heavy atom. The van der Waals surface area contributed by atoms with Crippen molar-refractivity contribution in [2.75, 3.05) is 0 Å². The highest BCUT2D eigenvalue weighted by molar-refractivity contribution is 5.74. The van der Waals surface area contributed by atoms with Gasteiger partial charge in [0.25, 0.3) is 0 Å². The van der Waals surface area contributed by atoms with Crippen LogP contribution in [-0.2, 0) is 6.54 Å². The maximum Gasteiger partial charge on any atom is 0.315 e. The molecule has 0 spiro atoms. The van der Waals surface area contributed by atoms with E-state index < -0.39 is 0 Å². The molecule has 2 N–H and O–H groups in total. The number of halogens is 1. The van der Waals surface area contributed by atoms with Gasteiger partial charge in [-0.3, -0.25) is 4.68 Å². The SMILES string of the molecule is C[C@H](Cn1cncn1)NC(=O)N[C@H](c1ccc(F)cc1)C1CCC1. The van der Waals surface area contributed by atoms with Gasteiger partial charge in [0.05, 0.1) is 12.6 Å². The van der Waals surface area contributed by atoms with E-state index in [1.807, 2.05) is 6.92 Å². The Labute approximate surface area is 140 Å². The number of hydrogen-bond donors (Lipinski definition) is 2. The number of benzene rings is 1. The Bertz CT molecular complexity index is 654. The molecule has 0 unspecified atom stereocenters. The second kappa shape index (κ2) is 7.42. The molecule has 1 heterocycles. The molecule has 1 fully saturated rings. The lowest BCUT2D eigenvalue weighted by Crippen LogP contribution is -2.46. The molecule has 2 aromatic rings. The van der Waals surface area contributed by atoms with Crippen LogP contribution in [0, 0.1) is 11.7 Å². The van der Waals surface area contributed by atoms with E-state index >= 15 is 0 Å². The molecule has 0 radical (unpaired) electrons. The summed E-state index contributed by atoms with van der Waals surface area (Å²) in [5.41, 5.74) is 0.945. The summed E-state index contributed by atoms with van der Waals surface area (Å²) in [4.78, 5) is 16.2. The number of carbonyl (C=O) groups excluding carboxylic acids is 1. The molecule has 1 aliphatic rings. The van der Waals surface area contributed by atoms with Crippen LogP contribution < -0.4 is 10.6 Å². The van der Waals surface area contributed by atoms with Crippen LogP contribution >= 0.6 is 0 Å². The molecular formula is C17H22FN5O. The average Bonchev–Trinajstić information content (AvgIpc) is 2.98. The number of urea groups is 1. The summed E-state index contributed by atoms with van der Waals surface area (Å²) in [6.07, 6.45) is 6.42. The molecular weight excluding hydrogens is 309 g/mol. The van der Waals surface area contributed by atoms with Crippen LogP contribution in [0.3, 0.4) is 0 Å². The highest BCUT2D eigenvalue weighted by Gasteiger charge is 2.30. The van der Waals surface area contributed by atoms with Gasteiger partial charge in [-0.25, -0.2) is 14.2 Å². The number of carbonyl (C=O) groups is 1. The highest BCUT2D eigenvalue weighted by Crippen LogP contribution is 2.37. The van der Waals surface area contributed by atoms with Gasteiger partial charge in [-0.2, -0.15) is 5.10 Å². The second-order valence-corrected chi connectivity index (χ2v) is 6.36. The maximum atomic E-state index is 13.1. The minimum absolute atomic E-state index is 0.0815. The van der Waals surface area contributed by atoms with Crippen molar-refractivity contribution < 1.29 is 9.18 Å². The topological polar surface area (TPSA) is 71.8 Å². The van der Waals surface area contributed by atoms with E-state index in [9.17, 15) is 9.18 Å². The number of nitrogens with zero attached hydrogens (tertiary/aromatic N) is 3. The third-order valence-electron chi connectivity index (χ3n) is 4.44. The molecule has 0 saturated heterocycles. The van der Waals surface area contributed by atoms with E-state index in [1.165, 1.54) is 24.9 Å². The Morgan fingerprint density at radius 3 is 2.67 bits per heavy atom. The molecule has 1 aliphatic carbocycles. The Hall–Kier alpha value is -2.44. The third kappa shape index (κ3) is 4.10. The molecule has 2 amide bonds. The molecule has 6 nitrogen and oxygen atoms in total. The first-order valence-electron chi connectivity index (χ1n) is 8.26. The van der Waals surface area contributed by atoms with Crippen molar-refractivity contribution in [3.8, 4) is 0 Å². The van der Waals surface area contributed by atoms with Crippen LogP contribution in [0.15, 0.2) is 36.9 Å². The highest BCUT2D eigenvalue weighted by atomic mass is 19.1. The lowest BCUT2D eigenvalue weighted by atomic mass is 9.77. The Balaban J connectivity index is 1.59. The van der Waals surface area contributed by atoms with Crippen molar-refractivity contribution in [1.29, 1.82) is 0 Å². The largest absolute Gasteiger partial charge is 0.334 e. The van der Waals surface area contributed by atoms with E-state index in [0.717, 1.165) is 18.4 Å². The zero-order valence-corrected chi connectivity index (χ0v) is 13.7. The van der Waals surface area contributed by atoms with E-state index in [4.69, 9.17) is 0 Å². The van der Waals surface area contributed by atoms with Gasteiger partial charge >= 0.3 is 6.03 Å². The van der Waals surface area contributed by atoms with E-state index in [2.05, 4.69) is 20.7 Å². The first-order chi connectivity index (χ1) is 11.6. The Morgan fingerprint density at radius 1 is 1.33 bits per heavy atom. The molecule has 1 saturated carbocycles. The van der Waals surface area contributed by atoms with Gasteiger partial charge in [0.15, 0.2) is 0 Å². The van der Waals surface area contributed by atoms with Crippen molar-refractivity contribution in [3.05, 3.63) is 48.3 Å². The van der Waals surface area contributed by atoms with Gasteiger partial charge in [-0.1, -0.05) is 18.6 Å². The van der Waals surface area contributed by atoms with Gasteiger partial charge in [0, 0.05) is 6.04 Å². The molecule has 0 aliphatic heterocycles. The normalized spacial score (nSPS) is 16.9. The maximum absolute atomic E-state index is 13.1. The molecule has 7 heteroatoms. The van der Waals surface area contributed by atoms with Crippen LogP contribution in [0.5, 0.6) is 0 Å². The second-order valence-electron chi connectivity index (χ2n) is 6.36. The third-order valence-corrected chi connectivity index (χ3v) is 4.44. The predicted molar refractivity (Wildman–Crippen MR) is 87.6 cm³/mol. The van der Waals surface area contributed by atoms with E-state index in [-0.39, 0.29) is 23.9 Å². The molecule has 1 aromatic carbocycles. The number of nitrogens with one attached hydrogen (secondary N) is 2. The lowest BCUT2D eigenvalue weighted by Gasteiger charge is -2.35. The smallest absolute Gasteiger partial charge is 0.315 e. The van der Waals surface area contributed by atoms with Crippen LogP contribution in [0.2, 0.25) is 0 Å². The minimum atomic E-state index is -0.267. The molecule has 2 atom stereocenters. The summed E-state index contributed by atoms with van der Waals surface area (Å²) < 4.78 is 14.8. The predicted octanol–water partition coefficient (Wildman–Crippen LogP) is 2.65. The summed E-state index contributed by atoms with van der Waals surface area (Å²) in [6, 6.07) is 5.99. The number of hydrogen-bond acceptors (Lipinski definition) is 3. The fraction of sp³-hybridized carbons (Fsp3) is 0.471. The summed E-state index contributed by atoms with van der Waals surface area (Å²) in [5.74, 6) is 0.142. The first kappa shape index (κ1) is 16.4. The van der Waals surface area contributed by atoms with Gasteiger partial charge in [-0.15, -0.1) is 0 Å². The number of rotatable bonds is 6. The summed E-state index contributed by atoms with van der Waals surface area (Å²) in [7, 11) is 0. The van der Waals surface area contributed by atoms with Gasteiger partial charge < -0.3 is 10.6 Å². The monoisotopic (exact) mass is 331 g/mol. The van der Waals surface area contributed by atoms with Gasteiger partial charge in [0.2, 0.25) is 0 Å². The van der Waals surface area contributed by atoms with Crippen LogP contribution in [0.4, 0.5) is 9.18 Å². The fourth-order valence-electron chi connectivity index (χ4n) is 2.98. The standard InChI is InChI=1S/C17H22FN5O/c1-12(9-23-11-19-10-20-23)21-17(24)22-16(13-3-2-4-13)14-5-7-15(18)8-6-14/h5-8,10-13,16H,2-4,9H2,1H3,(H2,21,22,24)/t12-,16+/m1/s1. The van der Waals surface area contributed by atoms with Crippen molar-refractivity contribution in [3.63, 3.8) is 0 Å². The molecule has 24 heavy (non-hydrogen) atoms. The van der Waals surface area contributed by atoms with Crippen molar-refractivity contribution in [2.24, 2.45) is 5.92 Å². The quantitative estimate of drug-likeness (QED) is 0.855. The van der Waals surface area contributed by atoms with Crippen LogP contribution in [0.1, 0.15) is 37.8 Å². The zero-order valence-electron chi connectivity index (χ0n) is 13.7. The van der Waals surface area contributed by atoms with Crippen molar-refractivity contribution in [2.45, 2.75) is 44.8 Å². The molecule has 1 aromatic heterocycles. The molecule has 3 rings (SSSR count). The molecule has 128 valence electrons. The summed E-state index contributed by atoms with van der Waals surface area (Å²) >= 11 is 0. The Kier molecular flexibility index (Phi) is 5.08. The first-order valence-corrected chi connectivity index (χ1v) is 8.26. The van der Waals surface area contributed by atoms with Crippen LogP contribution in [-0.4, -0.2) is 26.8 Å². The van der Waals surface area contributed by atoms with E-state index in [1.54, 1.807) is 23.1 Å². The average molecular weight is 331 g/mol. The fourth-order valence-corrected chi connectivity index (χ4v) is 2.98. The van der Waals surface area contributed by atoms with Crippen molar-refractivity contribution in [1.82, 2.24) is 25.4 Å². The number of amides is 2. The zero-order chi connectivity index (χ0) is 16.9. The number of aromatic nitrogens is 3. The van der Waals surface area contributed by atoms with Gasteiger partial charge in [0.1, 0.15) is 18.5 Å². The lowest BCUT2D eigenvalue weighted by molar-refractivity contribution is 0.205. The molecule has 0 bridgehead atoms.